The summed E-state index contributed by atoms with van der Waals surface area (Å²) in [5, 5.41) is 6.93. The van der Waals surface area contributed by atoms with Gasteiger partial charge < -0.3 is 10.6 Å². The lowest BCUT2D eigenvalue weighted by Gasteiger charge is -2.21. The number of carbonyl (C=O) groups excluding carboxylic acids is 1. The van der Waals surface area contributed by atoms with E-state index < -0.39 is 6.04 Å². The van der Waals surface area contributed by atoms with Crippen LogP contribution in [0.4, 0.5) is 4.39 Å². The second-order valence-corrected chi connectivity index (χ2v) is 6.54. The topological polar surface area (TPSA) is 41.1 Å². The maximum Gasteiger partial charge on any atom is 0.222 e. The van der Waals surface area contributed by atoms with E-state index in [1.807, 2.05) is 18.2 Å². The maximum absolute atomic E-state index is 13.6. The van der Waals surface area contributed by atoms with Crippen LogP contribution in [-0.4, -0.2) is 18.5 Å². The minimum Gasteiger partial charge on any atom is -0.345 e. The van der Waals surface area contributed by atoms with Gasteiger partial charge >= 0.3 is 0 Å². The number of nitrogens with one attached hydrogen (secondary N) is 2. The fraction of sp³-hybridized carbons (Fsp3) is 0.316. The van der Waals surface area contributed by atoms with Gasteiger partial charge in [-0.15, -0.1) is 12.4 Å². The fourth-order valence-corrected chi connectivity index (χ4v) is 3.30. The molecular weight excluding hydrogens is 362 g/mol. The molecular formula is C19H21Cl2FN2O. The van der Waals surface area contributed by atoms with Crippen molar-refractivity contribution in [2.45, 2.75) is 31.3 Å². The predicted octanol–water partition coefficient (Wildman–Crippen LogP) is 4.25. The molecule has 1 heterocycles. The van der Waals surface area contributed by atoms with Crippen molar-refractivity contribution in [1.82, 2.24) is 10.6 Å². The number of carbonyl (C=O) groups is 1. The first-order valence-electron chi connectivity index (χ1n) is 8.15. The van der Waals surface area contributed by atoms with Crippen LogP contribution in [0.3, 0.4) is 0 Å². The molecule has 25 heavy (non-hydrogen) atoms. The van der Waals surface area contributed by atoms with Crippen molar-refractivity contribution in [3.05, 3.63) is 70.5 Å². The van der Waals surface area contributed by atoms with Crippen LogP contribution in [0.5, 0.6) is 0 Å². The summed E-state index contributed by atoms with van der Waals surface area (Å²) in [6, 6.07) is 13.4. The highest BCUT2D eigenvalue weighted by molar-refractivity contribution is 6.30. The van der Waals surface area contributed by atoms with Crippen molar-refractivity contribution >= 4 is 29.9 Å². The van der Waals surface area contributed by atoms with Crippen LogP contribution in [0.15, 0.2) is 48.5 Å². The van der Waals surface area contributed by atoms with E-state index in [4.69, 9.17) is 11.6 Å². The average molecular weight is 383 g/mol. The number of amides is 1. The van der Waals surface area contributed by atoms with Gasteiger partial charge in [-0.1, -0.05) is 35.9 Å². The molecule has 0 aliphatic carbocycles. The van der Waals surface area contributed by atoms with E-state index in [0.717, 1.165) is 24.9 Å². The first-order chi connectivity index (χ1) is 11.6. The van der Waals surface area contributed by atoms with E-state index in [1.165, 1.54) is 12.1 Å². The zero-order chi connectivity index (χ0) is 16.9. The summed E-state index contributed by atoms with van der Waals surface area (Å²) in [5.74, 6) is -0.380. The van der Waals surface area contributed by atoms with Crippen molar-refractivity contribution in [2.24, 2.45) is 0 Å². The van der Waals surface area contributed by atoms with E-state index in [1.54, 1.807) is 18.2 Å². The van der Waals surface area contributed by atoms with Crippen LogP contribution in [0.25, 0.3) is 0 Å². The van der Waals surface area contributed by atoms with Crippen molar-refractivity contribution in [1.29, 1.82) is 0 Å². The van der Waals surface area contributed by atoms with Gasteiger partial charge in [-0.05, 0) is 54.8 Å². The molecule has 2 aromatic carbocycles. The Hall–Kier alpha value is -1.62. The SMILES string of the molecule is Cl.O=C(CC1CCCN1)NC(c1cccc(F)c1)c1cccc(Cl)c1. The average Bonchev–Trinajstić information content (AvgIpc) is 3.05. The molecule has 2 N–H and O–H groups in total. The Morgan fingerprint density at radius 3 is 2.60 bits per heavy atom. The summed E-state index contributed by atoms with van der Waals surface area (Å²) in [4.78, 5) is 12.4. The summed E-state index contributed by atoms with van der Waals surface area (Å²) in [5.41, 5.74) is 1.53. The Kier molecular flexibility index (Phi) is 7.24. The molecule has 2 unspecified atom stereocenters. The number of rotatable bonds is 5. The molecule has 3 rings (SSSR count). The molecule has 134 valence electrons. The summed E-state index contributed by atoms with van der Waals surface area (Å²) >= 11 is 6.08. The van der Waals surface area contributed by atoms with E-state index in [9.17, 15) is 9.18 Å². The molecule has 3 nitrogen and oxygen atoms in total. The zero-order valence-corrected chi connectivity index (χ0v) is 15.2. The monoisotopic (exact) mass is 382 g/mol. The lowest BCUT2D eigenvalue weighted by molar-refractivity contribution is -0.122. The molecule has 0 saturated carbocycles. The number of hydrogen-bond acceptors (Lipinski definition) is 2. The second-order valence-electron chi connectivity index (χ2n) is 6.11. The molecule has 1 aliphatic rings. The van der Waals surface area contributed by atoms with Crippen LogP contribution in [-0.2, 0) is 4.79 Å². The highest BCUT2D eigenvalue weighted by atomic mass is 35.5. The van der Waals surface area contributed by atoms with Gasteiger partial charge in [-0.2, -0.15) is 0 Å². The third-order valence-corrected chi connectivity index (χ3v) is 4.50. The number of hydrogen-bond donors (Lipinski definition) is 2. The van der Waals surface area contributed by atoms with Gasteiger partial charge in [-0.3, -0.25) is 4.79 Å². The summed E-state index contributed by atoms with van der Waals surface area (Å²) in [6.45, 7) is 0.958. The molecule has 1 saturated heterocycles. The molecule has 0 spiro atoms. The Labute approximate surface area is 158 Å². The van der Waals surface area contributed by atoms with Gasteiger partial charge in [-0.25, -0.2) is 4.39 Å². The minimum atomic E-state index is -0.423. The van der Waals surface area contributed by atoms with E-state index in [-0.39, 0.29) is 30.2 Å². The Morgan fingerprint density at radius 2 is 1.96 bits per heavy atom. The van der Waals surface area contributed by atoms with Gasteiger partial charge in [0, 0.05) is 17.5 Å². The minimum absolute atomic E-state index is 0. The molecule has 6 heteroatoms. The van der Waals surface area contributed by atoms with Crippen LogP contribution in [0, 0.1) is 5.82 Å². The summed E-state index contributed by atoms with van der Waals surface area (Å²) < 4.78 is 13.6. The van der Waals surface area contributed by atoms with Gasteiger partial charge in [0.1, 0.15) is 5.82 Å². The third kappa shape index (κ3) is 5.43. The molecule has 0 radical (unpaired) electrons. The Balaban J connectivity index is 0.00000225. The van der Waals surface area contributed by atoms with Crippen molar-refractivity contribution < 1.29 is 9.18 Å². The largest absolute Gasteiger partial charge is 0.345 e. The molecule has 1 aliphatic heterocycles. The molecule has 2 aromatic rings. The molecule has 2 atom stereocenters. The smallest absolute Gasteiger partial charge is 0.222 e. The molecule has 0 aromatic heterocycles. The lowest BCUT2D eigenvalue weighted by atomic mass is 9.98. The normalized spacial score (nSPS) is 17.6. The first-order valence-corrected chi connectivity index (χ1v) is 8.53. The number of halogens is 3. The van der Waals surface area contributed by atoms with Gasteiger partial charge in [0.15, 0.2) is 0 Å². The van der Waals surface area contributed by atoms with Gasteiger partial charge in [0.2, 0.25) is 5.91 Å². The van der Waals surface area contributed by atoms with E-state index in [0.29, 0.717) is 17.0 Å². The molecule has 1 fully saturated rings. The van der Waals surface area contributed by atoms with Crippen LogP contribution in [0.1, 0.15) is 36.4 Å². The van der Waals surface area contributed by atoms with E-state index >= 15 is 0 Å². The third-order valence-electron chi connectivity index (χ3n) is 4.26. The maximum atomic E-state index is 13.6. The highest BCUT2D eigenvalue weighted by Crippen LogP contribution is 2.25. The molecule has 0 bridgehead atoms. The Bertz CT molecular complexity index is 675. The quantitative estimate of drug-likeness (QED) is 0.811. The van der Waals surface area contributed by atoms with Crippen LogP contribution in [0.2, 0.25) is 5.02 Å². The zero-order valence-electron chi connectivity index (χ0n) is 13.7. The van der Waals surface area contributed by atoms with Crippen LogP contribution >= 0.6 is 24.0 Å². The highest BCUT2D eigenvalue weighted by Gasteiger charge is 2.22. The first kappa shape index (κ1) is 19.7. The van der Waals surface area contributed by atoms with Crippen molar-refractivity contribution in [3.8, 4) is 0 Å². The standard InChI is InChI=1S/C19H20ClFN2O.ClH/c20-15-6-1-4-13(10-15)19(14-5-2-7-16(21)11-14)23-18(24)12-17-8-3-9-22-17;/h1-2,4-7,10-11,17,19,22H,3,8-9,12H2,(H,23,24);1H. The van der Waals surface area contributed by atoms with Crippen molar-refractivity contribution in [3.63, 3.8) is 0 Å². The van der Waals surface area contributed by atoms with Crippen molar-refractivity contribution in [2.75, 3.05) is 6.54 Å². The molecule has 1 amide bonds. The fourth-order valence-electron chi connectivity index (χ4n) is 3.11. The Morgan fingerprint density at radius 1 is 1.24 bits per heavy atom. The summed E-state index contributed by atoms with van der Waals surface area (Å²) in [6.07, 6.45) is 2.53. The lowest BCUT2D eigenvalue weighted by Crippen LogP contribution is -2.34. The second kappa shape index (κ2) is 9.18. The van der Waals surface area contributed by atoms with Gasteiger partial charge in [0.05, 0.1) is 6.04 Å². The van der Waals surface area contributed by atoms with Gasteiger partial charge in [0.25, 0.3) is 0 Å². The number of benzene rings is 2. The summed E-state index contributed by atoms with van der Waals surface area (Å²) in [7, 11) is 0. The van der Waals surface area contributed by atoms with E-state index in [2.05, 4.69) is 10.6 Å². The van der Waals surface area contributed by atoms with Crippen LogP contribution < -0.4 is 10.6 Å². The predicted molar refractivity (Wildman–Crippen MR) is 101 cm³/mol.